The van der Waals surface area contributed by atoms with Crippen LogP contribution >= 0.6 is 0 Å². The molecule has 13 heavy (non-hydrogen) atoms. The van der Waals surface area contributed by atoms with Gasteiger partial charge in [-0.05, 0) is 12.1 Å². The number of anilines is 1. The molecule has 0 heterocycles. The van der Waals surface area contributed by atoms with Gasteiger partial charge in [0.15, 0.2) is 8.96 Å². The van der Waals surface area contributed by atoms with Gasteiger partial charge in [0.05, 0.1) is 18.8 Å². The molecule has 0 unspecified atom stereocenters. The van der Waals surface area contributed by atoms with Crippen molar-refractivity contribution in [2.45, 2.75) is 26.2 Å². The lowest BCUT2D eigenvalue weighted by Gasteiger charge is -2.21. The maximum Gasteiger partial charge on any atom is 0.416 e. The van der Waals surface area contributed by atoms with E-state index in [2.05, 4.69) is 60.8 Å². The van der Waals surface area contributed by atoms with Crippen LogP contribution in [-0.2, 0) is 0 Å². The molecule has 1 aromatic carbocycles. The fraction of sp³-hybridized carbons (Fsp3) is 0.400. The second-order valence-corrected chi connectivity index (χ2v) is 9.34. The highest BCUT2D eigenvalue weighted by Crippen LogP contribution is 2.16. The van der Waals surface area contributed by atoms with Gasteiger partial charge in [0.2, 0.25) is 0 Å². The lowest BCUT2D eigenvalue weighted by Crippen LogP contribution is -2.43. The van der Waals surface area contributed by atoms with Crippen molar-refractivity contribution in [3.05, 3.63) is 30.3 Å². The Balaban J connectivity index is 2.89. The molecule has 0 N–H and O–H groups in total. The molecule has 3 heteroatoms. The molecule has 0 aliphatic heterocycles. The number of rotatable bonds is 3. The predicted octanol–water partition coefficient (Wildman–Crippen LogP) is 2.73. The first-order valence-corrected chi connectivity index (χ1v) is 10.0. The van der Waals surface area contributed by atoms with E-state index in [1.807, 2.05) is 0 Å². The van der Waals surface area contributed by atoms with Crippen LogP contribution in [0.5, 0.6) is 0 Å². The van der Waals surface area contributed by atoms with Crippen LogP contribution in [0.2, 0.25) is 26.2 Å². The number of benzene rings is 1. The van der Waals surface area contributed by atoms with Gasteiger partial charge in [-0.25, -0.2) is 0 Å². The van der Waals surface area contributed by atoms with E-state index in [1.165, 1.54) is 5.69 Å². The number of hydrogen-bond acceptors (Lipinski definition) is 1. The lowest BCUT2D eigenvalue weighted by molar-refractivity contribution is 1.46. The van der Waals surface area contributed by atoms with Crippen molar-refractivity contribution in [1.29, 1.82) is 0 Å². The van der Waals surface area contributed by atoms with Crippen molar-refractivity contribution in [2.75, 3.05) is 4.23 Å². The first-order chi connectivity index (χ1) is 6.13. The van der Waals surface area contributed by atoms with E-state index in [1.54, 1.807) is 0 Å². The van der Waals surface area contributed by atoms with Crippen LogP contribution in [-0.4, -0.2) is 17.9 Å². The highest BCUT2D eigenvalue weighted by atomic mass is 28.3. The van der Waals surface area contributed by atoms with Crippen molar-refractivity contribution < 1.29 is 0 Å². The normalized spacial score (nSPS) is 10.2. The van der Waals surface area contributed by atoms with E-state index in [0.717, 1.165) is 0 Å². The zero-order valence-corrected chi connectivity index (χ0v) is 11.1. The van der Waals surface area contributed by atoms with Gasteiger partial charge in [-0.3, -0.25) is 4.23 Å². The second kappa shape index (κ2) is 4.62. The van der Waals surface area contributed by atoms with Crippen molar-refractivity contribution in [3.63, 3.8) is 0 Å². The van der Waals surface area contributed by atoms with Gasteiger partial charge >= 0.3 is 8.96 Å². The zero-order chi connectivity index (χ0) is 9.84. The Bertz CT molecular complexity index is 238. The third-order valence-electron chi connectivity index (χ3n) is 2.03. The number of hydrogen-bond donors (Lipinski definition) is 0. The maximum atomic E-state index is 2.66. The molecule has 1 nitrogen and oxygen atoms in total. The quantitative estimate of drug-likeness (QED) is 0.691. The fourth-order valence-electron chi connectivity index (χ4n) is 1.66. The Morgan fingerprint density at radius 2 is 1.62 bits per heavy atom. The molecular weight excluding hydrogens is 190 g/mol. The molecule has 1 aromatic rings. The summed E-state index contributed by atoms with van der Waals surface area (Å²) in [5.41, 5.74) is 1.42. The number of para-hydroxylation sites is 1. The van der Waals surface area contributed by atoms with Crippen molar-refractivity contribution >= 4 is 23.6 Å². The van der Waals surface area contributed by atoms with E-state index in [-0.39, 0.29) is 8.96 Å². The van der Waals surface area contributed by atoms with Crippen LogP contribution in [0.3, 0.4) is 0 Å². The average molecular weight is 208 g/mol. The van der Waals surface area contributed by atoms with Gasteiger partial charge in [0.1, 0.15) is 0 Å². The largest absolute Gasteiger partial charge is 0.416 e. The zero-order valence-electron chi connectivity index (χ0n) is 8.91. The predicted molar refractivity (Wildman–Crippen MR) is 65.3 cm³/mol. The summed E-state index contributed by atoms with van der Waals surface area (Å²) in [6.45, 7) is 9.52. The van der Waals surface area contributed by atoms with Gasteiger partial charge in [-0.2, -0.15) is 0 Å². The summed E-state index contributed by atoms with van der Waals surface area (Å²) in [5.74, 6) is 0. The van der Waals surface area contributed by atoms with E-state index < -0.39 is 8.96 Å². The molecule has 0 saturated heterocycles. The van der Waals surface area contributed by atoms with Crippen LogP contribution < -0.4 is 4.23 Å². The summed E-state index contributed by atoms with van der Waals surface area (Å²) >= 11 is 0. The van der Waals surface area contributed by atoms with E-state index in [9.17, 15) is 0 Å². The highest BCUT2D eigenvalue weighted by molar-refractivity contribution is 6.81. The molecule has 1 rings (SSSR count). The minimum Gasteiger partial charge on any atom is -0.278 e. The van der Waals surface area contributed by atoms with E-state index in [0.29, 0.717) is 0 Å². The summed E-state index contributed by atoms with van der Waals surface area (Å²) in [7, 11) is -1.02. The molecule has 0 aliphatic carbocycles. The molecular formula is C10H18NSi2+. The van der Waals surface area contributed by atoms with Crippen molar-refractivity contribution in [2.24, 2.45) is 0 Å². The Morgan fingerprint density at radius 3 is 2.00 bits per heavy atom. The summed E-state index contributed by atoms with van der Waals surface area (Å²) in [6.07, 6.45) is 0. The Kier molecular flexibility index (Phi) is 3.75. The first kappa shape index (κ1) is 10.5. The summed E-state index contributed by atoms with van der Waals surface area (Å²) < 4.78 is 2.66. The van der Waals surface area contributed by atoms with Crippen LogP contribution in [0, 0.1) is 0 Å². The van der Waals surface area contributed by atoms with Crippen LogP contribution in [0.25, 0.3) is 0 Å². The molecule has 0 atom stereocenters. The van der Waals surface area contributed by atoms with Crippen molar-refractivity contribution in [1.82, 2.24) is 0 Å². The minimum atomic E-state index is -0.691. The lowest BCUT2D eigenvalue weighted by atomic mass is 10.3. The molecule has 0 bridgehead atoms. The standard InChI is InChI=1S/C10H18NSi2/c1-12(2)11(13(3)4)10-8-6-5-7-9-10/h5-9,12H,1-4H3/q+1. The first-order valence-electron chi connectivity index (χ1n) is 4.77. The maximum absolute atomic E-state index is 2.66. The van der Waals surface area contributed by atoms with Crippen LogP contribution in [0.1, 0.15) is 0 Å². The molecule has 0 aromatic heterocycles. The summed E-state index contributed by atoms with van der Waals surface area (Å²) in [5, 5.41) is 0. The molecule has 0 aliphatic rings. The summed E-state index contributed by atoms with van der Waals surface area (Å²) in [6, 6.07) is 10.8. The van der Waals surface area contributed by atoms with E-state index in [4.69, 9.17) is 0 Å². The molecule has 0 fully saturated rings. The second-order valence-electron chi connectivity index (χ2n) is 3.75. The van der Waals surface area contributed by atoms with Gasteiger partial charge in [-0.15, -0.1) is 0 Å². The summed E-state index contributed by atoms with van der Waals surface area (Å²) in [4.78, 5) is 0. The molecule has 0 saturated carbocycles. The van der Waals surface area contributed by atoms with Crippen molar-refractivity contribution in [3.8, 4) is 0 Å². The van der Waals surface area contributed by atoms with Gasteiger partial charge in [-0.1, -0.05) is 31.3 Å². The topological polar surface area (TPSA) is 3.24 Å². The number of nitrogens with zero attached hydrogens (tertiary/aromatic N) is 1. The Labute approximate surface area is 84.8 Å². The highest BCUT2D eigenvalue weighted by Gasteiger charge is 2.27. The molecule has 0 amide bonds. The van der Waals surface area contributed by atoms with Crippen LogP contribution in [0.4, 0.5) is 5.69 Å². The SMILES string of the molecule is C[Si+](C)N(c1ccccc1)[SiH](C)C. The molecule has 0 spiro atoms. The minimum absolute atomic E-state index is 0.330. The smallest absolute Gasteiger partial charge is 0.278 e. The van der Waals surface area contributed by atoms with Gasteiger partial charge in [0.25, 0.3) is 0 Å². The Morgan fingerprint density at radius 1 is 1.08 bits per heavy atom. The fourth-order valence-corrected chi connectivity index (χ4v) is 7.23. The van der Waals surface area contributed by atoms with Crippen LogP contribution in [0.15, 0.2) is 30.3 Å². The molecule has 0 radical (unpaired) electrons. The monoisotopic (exact) mass is 208 g/mol. The van der Waals surface area contributed by atoms with Gasteiger partial charge < -0.3 is 0 Å². The average Bonchev–Trinajstić information content (AvgIpc) is 2.04. The Hall–Kier alpha value is -0.546. The van der Waals surface area contributed by atoms with Gasteiger partial charge in [0, 0.05) is 0 Å². The third kappa shape index (κ3) is 2.70. The molecule has 70 valence electrons. The van der Waals surface area contributed by atoms with E-state index >= 15 is 0 Å². The third-order valence-corrected chi connectivity index (χ3v) is 7.68.